The first-order valence-electron chi connectivity index (χ1n) is 9.20. The molecule has 142 valence electrons. The third kappa shape index (κ3) is 5.07. The molecule has 0 unspecified atom stereocenters. The van der Waals surface area contributed by atoms with Crippen LogP contribution in [-0.2, 0) is 13.0 Å². The number of unbranched alkanes of at least 4 members (excludes halogenated alkanes) is 1. The van der Waals surface area contributed by atoms with Crippen molar-refractivity contribution in [2.24, 2.45) is 0 Å². The molecule has 0 aliphatic rings. The van der Waals surface area contributed by atoms with Crippen LogP contribution in [0, 0.1) is 0 Å². The van der Waals surface area contributed by atoms with E-state index >= 15 is 0 Å². The zero-order valence-corrected chi connectivity index (χ0v) is 17.0. The molecular formula is C20H24BrN5O. The van der Waals surface area contributed by atoms with Crippen LogP contribution < -0.4 is 10.5 Å². The Kier molecular flexibility index (Phi) is 6.81. The summed E-state index contributed by atoms with van der Waals surface area (Å²) < 4.78 is 8.47. The molecule has 0 fully saturated rings. The van der Waals surface area contributed by atoms with Gasteiger partial charge < -0.3 is 15.0 Å². The highest BCUT2D eigenvalue weighted by molar-refractivity contribution is 9.10. The lowest BCUT2D eigenvalue weighted by Crippen LogP contribution is -2.07. The topological polar surface area (TPSA) is 78.9 Å². The van der Waals surface area contributed by atoms with E-state index in [0.29, 0.717) is 28.3 Å². The number of anilines is 1. The molecule has 0 atom stereocenters. The van der Waals surface area contributed by atoms with Crippen LogP contribution >= 0.6 is 15.9 Å². The molecule has 27 heavy (non-hydrogen) atoms. The van der Waals surface area contributed by atoms with Gasteiger partial charge in [0.05, 0.1) is 6.61 Å². The normalized spacial score (nSPS) is 11.5. The lowest BCUT2D eigenvalue weighted by molar-refractivity contribution is 0.297. The first kappa shape index (κ1) is 19.4. The fourth-order valence-corrected chi connectivity index (χ4v) is 3.32. The van der Waals surface area contributed by atoms with Crippen LogP contribution in [0.15, 0.2) is 47.2 Å². The lowest BCUT2D eigenvalue weighted by Gasteiger charge is -2.07. The van der Waals surface area contributed by atoms with Gasteiger partial charge >= 0.3 is 6.01 Å². The second kappa shape index (κ2) is 9.50. The molecule has 0 aliphatic heterocycles. The minimum atomic E-state index is 0.287. The van der Waals surface area contributed by atoms with Gasteiger partial charge in [-0.1, -0.05) is 49.4 Å². The number of aromatic nitrogens is 4. The molecule has 0 spiro atoms. The zero-order chi connectivity index (χ0) is 19.1. The summed E-state index contributed by atoms with van der Waals surface area (Å²) in [4.78, 5) is 13.2. The Labute approximate surface area is 167 Å². The molecule has 0 bridgehead atoms. The number of rotatable bonds is 9. The predicted octanol–water partition coefficient (Wildman–Crippen LogP) is 4.54. The van der Waals surface area contributed by atoms with Crippen molar-refractivity contribution in [1.29, 1.82) is 0 Å². The average molecular weight is 430 g/mol. The van der Waals surface area contributed by atoms with E-state index in [1.54, 1.807) is 0 Å². The molecule has 2 N–H and O–H groups in total. The van der Waals surface area contributed by atoms with Crippen molar-refractivity contribution in [2.75, 3.05) is 12.3 Å². The van der Waals surface area contributed by atoms with Gasteiger partial charge in [-0.25, -0.2) is 4.98 Å². The van der Waals surface area contributed by atoms with Crippen molar-refractivity contribution >= 4 is 32.9 Å². The first-order chi connectivity index (χ1) is 13.2. The van der Waals surface area contributed by atoms with Gasteiger partial charge in [0.2, 0.25) is 0 Å². The average Bonchev–Trinajstić information content (AvgIpc) is 2.99. The van der Waals surface area contributed by atoms with Crippen molar-refractivity contribution in [3.63, 3.8) is 0 Å². The molecule has 0 amide bonds. The number of benzene rings is 1. The number of aryl methyl sites for hydroxylation is 1. The molecular weight excluding hydrogens is 406 g/mol. The number of allylic oxidation sites excluding steroid dienone is 2. The largest absolute Gasteiger partial charge is 0.463 e. The highest BCUT2D eigenvalue weighted by atomic mass is 79.9. The number of imidazole rings is 1. The van der Waals surface area contributed by atoms with E-state index in [1.807, 2.05) is 22.8 Å². The zero-order valence-electron chi connectivity index (χ0n) is 15.4. The van der Waals surface area contributed by atoms with Gasteiger partial charge in [0.15, 0.2) is 21.7 Å². The standard InChI is InChI=1S/C20H24BrN5O/c1-2-3-4-5-9-13-26-18-16(23-19(26)21)17(22)24-20(25-18)27-14-12-15-10-7-6-8-11-15/h3-4,6-8,10-11H,2,5,9,12-14H2,1H3,(H2,22,24,25). The number of fused-ring (bicyclic) bond motifs is 1. The summed E-state index contributed by atoms with van der Waals surface area (Å²) >= 11 is 3.50. The molecule has 3 rings (SSSR count). The summed E-state index contributed by atoms with van der Waals surface area (Å²) in [6.07, 6.45) is 8.24. The monoisotopic (exact) mass is 429 g/mol. The SMILES string of the molecule is CCC=CCCCn1c(Br)nc2c(N)nc(OCCc3ccccc3)nc21. The molecule has 3 aromatic rings. The molecule has 0 radical (unpaired) electrons. The van der Waals surface area contributed by atoms with E-state index in [2.05, 4.69) is 62.1 Å². The number of hydrogen-bond donors (Lipinski definition) is 1. The molecule has 2 aromatic heterocycles. The number of nitrogens with zero attached hydrogens (tertiary/aromatic N) is 4. The second-order valence-corrected chi connectivity index (χ2v) is 6.91. The minimum Gasteiger partial charge on any atom is -0.463 e. The minimum absolute atomic E-state index is 0.287. The van der Waals surface area contributed by atoms with Gasteiger partial charge in [-0.15, -0.1) is 0 Å². The Morgan fingerprint density at radius 2 is 1.96 bits per heavy atom. The Balaban J connectivity index is 1.71. The molecule has 0 aliphatic carbocycles. The Morgan fingerprint density at radius 1 is 1.15 bits per heavy atom. The summed E-state index contributed by atoms with van der Waals surface area (Å²) in [5.41, 5.74) is 8.58. The third-order valence-electron chi connectivity index (χ3n) is 4.17. The molecule has 0 saturated carbocycles. The van der Waals surface area contributed by atoms with Gasteiger partial charge in [-0.3, -0.25) is 0 Å². The molecule has 7 heteroatoms. The third-order valence-corrected chi connectivity index (χ3v) is 4.78. The van der Waals surface area contributed by atoms with Crippen LogP contribution in [-0.4, -0.2) is 26.1 Å². The van der Waals surface area contributed by atoms with Crippen LogP contribution in [0.2, 0.25) is 0 Å². The first-order valence-corrected chi connectivity index (χ1v) is 9.99. The van der Waals surface area contributed by atoms with E-state index < -0.39 is 0 Å². The molecule has 6 nitrogen and oxygen atoms in total. The van der Waals surface area contributed by atoms with Gasteiger partial charge in [0.1, 0.15) is 0 Å². The highest BCUT2D eigenvalue weighted by Gasteiger charge is 2.15. The van der Waals surface area contributed by atoms with Gasteiger partial charge in [-0.05, 0) is 40.8 Å². The Hall–Kier alpha value is -2.41. The van der Waals surface area contributed by atoms with Crippen LogP contribution in [0.4, 0.5) is 5.82 Å². The van der Waals surface area contributed by atoms with E-state index in [1.165, 1.54) is 5.56 Å². The fraction of sp³-hybridized carbons (Fsp3) is 0.350. The second-order valence-electron chi connectivity index (χ2n) is 6.20. The summed E-state index contributed by atoms with van der Waals surface area (Å²) in [5.74, 6) is 0.333. The quantitative estimate of drug-likeness (QED) is 0.306. The number of nitrogens with two attached hydrogens (primary N) is 1. The Morgan fingerprint density at radius 3 is 2.74 bits per heavy atom. The fourth-order valence-electron chi connectivity index (χ4n) is 2.79. The number of halogens is 1. The smallest absolute Gasteiger partial charge is 0.320 e. The van der Waals surface area contributed by atoms with E-state index in [4.69, 9.17) is 10.5 Å². The molecule has 1 aromatic carbocycles. The van der Waals surface area contributed by atoms with E-state index in [-0.39, 0.29) is 6.01 Å². The van der Waals surface area contributed by atoms with Crippen LogP contribution in [0.25, 0.3) is 11.2 Å². The van der Waals surface area contributed by atoms with Gasteiger partial charge in [0, 0.05) is 13.0 Å². The van der Waals surface area contributed by atoms with E-state index in [9.17, 15) is 0 Å². The summed E-state index contributed by atoms with van der Waals surface area (Å²) in [6, 6.07) is 10.5. The number of hydrogen-bond acceptors (Lipinski definition) is 5. The van der Waals surface area contributed by atoms with Crippen molar-refractivity contribution in [1.82, 2.24) is 19.5 Å². The summed E-state index contributed by atoms with van der Waals surface area (Å²) in [6.45, 7) is 3.42. The van der Waals surface area contributed by atoms with Gasteiger partial charge in [-0.2, -0.15) is 9.97 Å². The number of nitrogen functional groups attached to an aromatic ring is 1. The van der Waals surface area contributed by atoms with Crippen molar-refractivity contribution < 1.29 is 4.74 Å². The maximum absolute atomic E-state index is 6.08. The summed E-state index contributed by atoms with van der Waals surface area (Å²) in [5, 5.41) is 0. The Bertz CT molecular complexity index is 908. The maximum atomic E-state index is 6.08. The van der Waals surface area contributed by atoms with Crippen molar-refractivity contribution in [3.05, 3.63) is 52.8 Å². The molecule has 2 heterocycles. The number of ether oxygens (including phenoxy) is 1. The molecule has 0 saturated heterocycles. The van der Waals surface area contributed by atoms with Crippen LogP contribution in [0.5, 0.6) is 6.01 Å². The van der Waals surface area contributed by atoms with Crippen molar-refractivity contribution in [2.45, 2.75) is 39.2 Å². The predicted molar refractivity (Wildman–Crippen MR) is 112 cm³/mol. The lowest BCUT2D eigenvalue weighted by atomic mass is 10.2. The van der Waals surface area contributed by atoms with Crippen LogP contribution in [0.1, 0.15) is 31.7 Å². The van der Waals surface area contributed by atoms with Crippen molar-refractivity contribution in [3.8, 4) is 6.01 Å². The maximum Gasteiger partial charge on any atom is 0.320 e. The highest BCUT2D eigenvalue weighted by Crippen LogP contribution is 2.25. The van der Waals surface area contributed by atoms with Gasteiger partial charge in [0.25, 0.3) is 0 Å². The van der Waals surface area contributed by atoms with Crippen LogP contribution in [0.3, 0.4) is 0 Å². The van der Waals surface area contributed by atoms with E-state index in [0.717, 1.165) is 32.2 Å². The summed E-state index contributed by atoms with van der Waals surface area (Å²) in [7, 11) is 0.